The third-order valence-corrected chi connectivity index (χ3v) is 4.45. The van der Waals surface area contributed by atoms with Crippen LogP contribution in [0.4, 0.5) is 0 Å². The van der Waals surface area contributed by atoms with E-state index in [1.165, 1.54) is 16.7 Å². The van der Waals surface area contributed by atoms with Crippen molar-refractivity contribution in [1.82, 2.24) is 10.2 Å². The SMILES string of the molecule is CC(c1ccc(-c2ccccc2)cc1)N(C)C1CNC1. The van der Waals surface area contributed by atoms with Crippen LogP contribution in [0.2, 0.25) is 0 Å². The lowest BCUT2D eigenvalue weighted by molar-refractivity contribution is 0.136. The van der Waals surface area contributed by atoms with Crippen molar-refractivity contribution in [3.63, 3.8) is 0 Å². The summed E-state index contributed by atoms with van der Waals surface area (Å²) < 4.78 is 0. The van der Waals surface area contributed by atoms with E-state index in [4.69, 9.17) is 0 Å². The van der Waals surface area contributed by atoms with Crippen molar-refractivity contribution in [2.45, 2.75) is 19.0 Å². The van der Waals surface area contributed by atoms with Gasteiger partial charge in [0, 0.05) is 25.2 Å². The fourth-order valence-electron chi connectivity index (χ4n) is 2.70. The summed E-state index contributed by atoms with van der Waals surface area (Å²) in [5.74, 6) is 0. The monoisotopic (exact) mass is 266 g/mol. The number of likely N-dealkylation sites (N-methyl/N-ethyl adjacent to an activating group) is 1. The van der Waals surface area contributed by atoms with Gasteiger partial charge in [0.2, 0.25) is 0 Å². The largest absolute Gasteiger partial charge is 0.314 e. The van der Waals surface area contributed by atoms with E-state index < -0.39 is 0 Å². The number of rotatable bonds is 4. The Hall–Kier alpha value is -1.64. The molecule has 0 bridgehead atoms. The van der Waals surface area contributed by atoms with E-state index in [-0.39, 0.29) is 0 Å². The van der Waals surface area contributed by atoms with Crippen LogP contribution in [0.5, 0.6) is 0 Å². The molecule has 0 spiro atoms. The van der Waals surface area contributed by atoms with Gasteiger partial charge in [-0.05, 0) is 30.7 Å². The molecule has 0 aromatic heterocycles. The molecule has 1 aliphatic heterocycles. The molecule has 1 atom stereocenters. The Morgan fingerprint density at radius 2 is 1.55 bits per heavy atom. The van der Waals surface area contributed by atoms with Gasteiger partial charge in [0.05, 0.1) is 0 Å². The second kappa shape index (κ2) is 5.78. The zero-order valence-corrected chi connectivity index (χ0v) is 12.2. The number of nitrogens with one attached hydrogen (secondary N) is 1. The van der Waals surface area contributed by atoms with Crippen molar-refractivity contribution in [1.29, 1.82) is 0 Å². The molecule has 104 valence electrons. The van der Waals surface area contributed by atoms with Crippen LogP contribution in [-0.4, -0.2) is 31.1 Å². The summed E-state index contributed by atoms with van der Waals surface area (Å²) in [4.78, 5) is 2.47. The van der Waals surface area contributed by atoms with Crippen LogP contribution in [0.3, 0.4) is 0 Å². The van der Waals surface area contributed by atoms with Crippen molar-refractivity contribution < 1.29 is 0 Å². The fraction of sp³-hybridized carbons (Fsp3) is 0.333. The average Bonchev–Trinajstić information content (AvgIpc) is 2.46. The first-order valence-electron chi connectivity index (χ1n) is 7.34. The van der Waals surface area contributed by atoms with Gasteiger partial charge in [-0.25, -0.2) is 0 Å². The van der Waals surface area contributed by atoms with Crippen molar-refractivity contribution in [2.75, 3.05) is 20.1 Å². The van der Waals surface area contributed by atoms with E-state index in [0.29, 0.717) is 12.1 Å². The highest BCUT2D eigenvalue weighted by molar-refractivity contribution is 5.63. The molecule has 1 N–H and O–H groups in total. The Labute approximate surface area is 121 Å². The topological polar surface area (TPSA) is 15.3 Å². The molecule has 2 aromatic rings. The minimum absolute atomic E-state index is 0.465. The van der Waals surface area contributed by atoms with E-state index in [0.717, 1.165) is 13.1 Å². The molecular weight excluding hydrogens is 244 g/mol. The van der Waals surface area contributed by atoms with Gasteiger partial charge < -0.3 is 5.32 Å². The second-order valence-electron chi connectivity index (χ2n) is 5.64. The number of hydrogen-bond acceptors (Lipinski definition) is 2. The standard InChI is InChI=1S/C18H22N2/c1-14(20(2)18-12-19-13-18)15-8-10-17(11-9-15)16-6-4-3-5-7-16/h3-11,14,18-19H,12-13H2,1-2H3. The molecule has 0 amide bonds. The summed E-state index contributed by atoms with van der Waals surface area (Å²) in [5.41, 5.74) is 3.96. The zero-order valence-electron chi connectivity index (χ0n) is 12.2. The lowest BCUT2D eigenvalue weighted by Crippen LogP contribution is -2.56. The van der Waals surface area contributed by atoms with E-state index in [1.54, 1.807) is 0 Å². The summed E-state index contributed by atoms with van der Waals surface area (Å²) >= 11 is 0. The first-order valence-corrected chi connectivity index (χ1v) is 7.34. The van der Waals surface area contributed by atoms with Gasteiger partial charge in [-0.2, -0.15) is 0 Å². The maximum atomic E-state index is 3.34. The van der Waals surface area contributed by atoms with Crippen molar-refractivity contribution in [2.24, 2.45) is 0 Å². The Balaban J connectivity index is 1.75. The molecule has 3 rings (SSSR count). The molecule has 2 heteroatoms. The van der Waals surface area contributed by atoms with Gasteiger partial charge in [-0.1, -0.05) is 54.6 Å². The van der Waals surface area contributed by atoms with Crippen molar-refractivity contribution >= 4 is 0 Å². The van der Waals surface area contributed by atoms with Gasteiger partial charge in [0.25, 0.3) is 0 Å². The number of hydrogen-bond donors (Lipinski definition) is 1. The minimum atomic E-state index is 0.465. The lowest BCUT2D eigenvalue weighted by atomic mass is 9.99. The van der Waals surface area contributed by atoms with Crippen LogP contribution in [-0.2, 0) is 0 Å². The van der Waals surface area contributed by atoms with Gasteiger partial charge >= 0.3 is 0 Å². The molecule has 2 nitrogen and oxygen atoms in total. The number of benzene rings is 2. The van der Waals surface area contributed by atoms with Crippen LogP contribution in [0.25, 0.3) is 11.1 Å². The molecule has 20 heavy (non-hydrogen) atoms. The predicted molar refractivity (Wildman–Crippen MR) is 84.7 cm³/mol. The third kappa shape index (κ3) is 2.62. The fourth-order valence-corrected chi connectivity index (χ4v) is 2.70. The molecule has 1 heterocycles. The van der Waals surface area contributed by atoms with Gasteiger partial charge in [0.15, 0.2) is 0 Å². The van der Waals surface area contributed by atoms with Crippen LogP contribution < -0.4 is 5.32 Å². The average molecular weight is 266 g/mol. The maximum absolute atomic E-state index is 3.34. The van der Waals surface area contributed by atoms with Crippen LogP contribution >= 0.6 is 0 Å². The third-order valence-electron chi connectivity index (χ3n) is 4.45. The molecule has 0 radical (unpaired) electrons. The summed E-state index contributed by atoms with van der Waals surface area (Å²) in [6.07, 6.45) is 0. The lowest BCUT2D eigenvalue weighted by Gasteiger charge is -2.39. The first kappa shape index (κ1) is 13.3. The summed E-state index contributed by atoms with van der Waals surface area (Å²) in [7, 11) is 2.22. The van der Waals surface area contributed by atoms with Crippen LogP contribution in [0.15, 0.2) is 54.6 Å². The Morgan fingerprint density at radius 3 is 2.10 bits per heavy atom. The second-order valence-corrected chi connectivity index (χ2v) is 5.64. The molecule has 1 saturated heterocycles. The summed E-state index contributed by atoms with van der Waals surface area (Å²) in [6.45, 7) is 4.52. The highest BCUT2D eigenvalue weighted by atomic mass is 15.2. The van der Waals surface area contributed by atoms with Crippen molar-refractivity contribution in [3.8, 4) is 11.1 Å². The van der Waals surface area contributed by atoms with Crippen molar-refractivity contribution in [3.05, 3.63) is 60.2 Å². The highest BCUT2D eigenvalue weighted by Crippen LogP contribution is 2.25. The predicted octanol–water partition coefficient (Wildman–Crippen LogP) is 3.32. The van der Waals surface area contributed by atoms with E-state index in [9.17, 15) is 0 Å². The molecular formula is C18H22N2. The Morgan fingerprint density at radius 1 is 0.950 bits per heavy atom. The van der Waals surface area contributed by atoms with E-state index >= 15 is 0 Å². The zero-order chi connectivity index (χ0) is 13.9. The summed E-state index contributed by atoms with van der Waals surface area (Å²) in [5, 5.41) is 3.34. The Kier molecular flexibility index (Phi) is 3.86. The highest BCUT2D eigenvalue weighted by Gasteiger charge is 2.25. The van der Waals surface area contributed by atoms with Gasteiger partial charge in [-0.15, -0.1) is 0 Å². The quantitative estimate of drug-likeness (QED) is 0.913. The number of nitrogens with zero attached hydrogens (tertiary/aromatic N) is 1. The first-order chi connectivity index (χ1) is 9.75. The van der Waals surface area contributed by atoms with E-state index in [1.807, 2.05) is 0 Å². The maximum Gasteiger partial charge on any atom is 0.0348 e. The summed E-state index contributed by atoms with van der Waals surface area (Å²) in [6, 6.07) is 20.7. The Bertz CT molecular complexity index is 543. The van der Waals surface area contributed by atoms with Crippen LogP contribution in [0.1, 0.15) is 18.5 Å². The smallest absolute Gasteiger partial charge is 0.0348 e. The molecule has 1 unspecified atom stereocenters. The normalized spacial score (nSPS) is 16.9. The van der Waals surface area contributed by atoms with E-state index in [2.05, 4.69) is 78.8 Å². The molecule has 0 saturated carbocycles. The molecule has 1 aliphatic rings. The molecule has 0 aliphatic carbocycles. The molecule has 2 aromatic carbocycles. The van der Waals surface area contributed by atoms with Crippen LogP contribution in [0, 0.1) is 0 Å². The van der Waals surface area contributed by atoms with Gasteiger partial charge in [0.1, 0.15) is 0 Å². The molecule has 1 fully saturated rings. The minimum Gasteiger partial charge on any atom is -0.314 e. The van der Waals surface area contributed by atoms with Gasteiger partial charge in [-0.3, -0.25) is 4.90 Å².